The Balaban J connectivity index is 1.44. The molecule has 0 saturated carbocycles. The van der Waals surface area contributed by atoms with Gasteiger partial charge in [0.1, 0.15) is 19.0 Å². The molecule has 0 bridgehead atoms. The summed E-state index contributed by atoms with van der Waals surface area (Å²) in [4.78, 5) is 28.7. The van der Waals surface area contributed by atoms with Gasteiger partial charge in [-0.2, -0.15) is 0 Å². The number of thioether (sulfide) groups is 1. The van der Waals surface area contributed by atoms with Crippen molar-refractivity contribution in [3.63, 3.8) is 0 Å². The van der Waals surface area contributed by atoms with Crippen molar-refractivity contribution in [1.82, 2.24) is 10.2 Å². The number of ether oxygens (including phenoxy) is 4. The van der Waals surface area contributed by atoms with Crippen LogP contribution in [-0.2, 0) is 15.3 Å². The van der Waals surface area contributed by atoms with Crippen molar-refractivity contribution in [2.75, 3.05) is 31.3 Å². The fourth-order valence-corrected chi connectivity index (χ4v) is 6.83. The van der Waals surface area contributed by atoms with Crippen LogP contribution in [0.25, 0.3) is 5.76 Å². The molecule has 0 unspecified atom stereocenters. The normalized spacial score (nSPS) is 17.1. The van der Waals surface area contributed by atoms with Crippen LogP contribution in [-0.4, -0.2) is 53.4 Å². The summed E-state index contributed by atoms with van der Waals surface area (Å²) in [5.74, 6) is 0.605. The third-order valence-corrected chi connectivity index (χ3v) is 9.08. The molecule has 0 radical (unpaired) electrons. The number of fused-ring (bicyclic) bond motifs is 1. The van der Waals surface area contributed by atoms with Gasteiger partial charge in [-0.05, 0) is 55.3 Å². The molecule has 12 heteroatoms. The van der Waals surface area contributed by atoms with Crippen LogP contribution in [0.5, 0.6) is 23.0 Å². The van der Waals surface area contributed by atoms with E-state index in [0.717, 1.165) is 5.56 Å². The highest BCUT2D eigenvalue weighted by Gasteiger charge is 2.48. The van der Waals surface area contributed by atoms with Crippen LogP contribution in [0.3, 0.4) is 0 Å². The van der Waals surface area contributed by atoms with E-state index in [1.54, 1.807) is 36.4 Å². The molecular weight excluding hydrogens is 603 g/mol. The van der Waals surface area contributed by atoms with Crippen LogP contribution >= 0.6 is 23.1 Å². The molecule has 10 nitrogen and oxygen atoms in total. The van der Waals surface area contributed by atoms with E-state index in [2.05, 4.69) is 10.2 Å². The highest BCUT2D eigenvalue weighted by molar-refractivity contribution is 8.00. The maximum absolute atomic E-state index is 13.7. The average molecular weight is 632 g/mol. The summed E-state index contributed by atoms with van der Waals surface area (Å²) in [6.07, 6.45) is 0. The van der Waals surface area contributed by atoms with Gasteiger partial charge in [0.2, 0.25) is 5.13 Å². The Morgan fingerprint density at radius 3 is 2.48 bits per heavy atom. The third kappa shape index (κ3) is 5.82. The first-order valence-electron chi connectivity index (χ1n) is 14.1. The minimum atomic E-state index is -1.02. The van der Waals surface area contributed by atoms with Crippen LogP contribution < -0.4 is 23.8 Å². The van der Waals surface area contributed by atoms with E-state index in [0.29, 0.717) is 70.6 Å². The van der Waals surface area contributed by atoms with Crippen LogP contribution in [0, 0.1) is 0 Å². The first kappa shape index (κ1) is 29.5. The van der Waals surface area contributed by atoms with Crippen LogP contribution in [0.1, 0.15) is 36.6 Å². The molecule has 3 aromatic carbocycles. The van der Waals surface area contributed by atoms with Gasteiger partial charge in [0.15, 0.2) is 27.3 Å². The molecule has 226 valence electrons. The number of aromatic nitrogens is 2. The minimum Gasteiger partial charge on any atom is -0.507 e. The van der Waals surface area contributed by atoms with Crippen molar-refractivity contribution in [3.8, 4) is 23.0 Å². The minimum absolute atomic E-state index is 0.0908. The number of benzene rings is 3. The molecular formula is C32H29N3O7S2. The summed E-state index contributed by atoms with van der Waals surface area (Å²) in [7, 11) is 0. The van der Waals surface area contributed by atoms with Crippen molar-refractivity contribution in [3.05, 3.63) is 89.0 Å². The standard InChI is InChI=1S/C32H29N3O7S2/c1-3-39-22-12-10-20(16-24(22)40-4-2)27-26(28(36)21-11-13-23-25(17-21)42-15-14-41-23)29(37)30(38)35(27)31-33-34-32(44-31)43-18-19-8-6-5-7-9-19/h5-13,16-17,27,36H,3-4,14-15,18H2,1-2H3/t27-/m1/s1. The number of carbonyl (C=O) groups is 2. The number of aliphatic hydroxyl groups excluding tert-OH is 1. The summed E-state index contributed by atoms with van der Waals surface area (Å²) in [5, 5.41) is 20.5. The average Bonchev–Trinajstić information content (AvgIpc) is 3.62. The molecule has 1 atom stereocenters. The third-order valence-electron chi connectivity index (χ3n) is 6.95. The number of anilines is 1. The summed E-state index contributed by atoms with van der Waals surface area (Å²) < 4.78 is 23.5. The number of hydrogen-bond acceptors (Lipinski definition) is 11. The van der Waals surface area contributed by atoms with E-state index in [1.165, 1.54) is 28.0 Å². The number of rotatable bonds is 10. The Hall–Kier alpha value is -4.55. The maximum atomic E-state index is 13.7. The molecule has 2 aliphatic heterocycles. The molecule has 1 N–H and O–H groups in total. The fraction of sp³-hybridized carbons (Fsp3) is 0.250. The lowest BCUT2D eigenvalue weighted by atomic mass is 9.95. The van der Waals surface area contributed by atoms with Crippen molar-refractivity contribution >= 4 is 45.7 Å². The lowest BCUT2D eigenvalue weighted by Gasteiger charge is -2.24. The highest BCUT2D eigenvalue weighted by Crippen LogP contribution is 2.46. The van der Waals surface area contributed by atoms with Gasteiger partial charge in [0, 0.05) is 11.3 Å². The SMILES string of the molecule is CCOc1ccc([C@@H]2C(=C(O)c3ccc4c(c3)OCCO4)C(=O)C(=O)N2c2nnc(SCc3ccccc3)s2)cc1OCC. The number of amides is 1. The first-order chi connectivity index (χ1) is 21.5. The molecule has 0 aliphatic carbocycles. The summed E-state index contributed by atoms with van der Waals surface area (Å²) in [5.41, 5.74) is 1.87. The molecule has 44 heavy (non-hydrogen) atoms. The second-order valence-corrected chi connectivity index (χ2v) is 11.9. The van der Waals surface area contributed by atoms with Gasteiger partial charge in [-0.15, -0.1) is 10.2 Å². The molecule has 4 aromatic rings. The Labute approximate surface area is 262 Å². The van der Waals surface area contributed by atoms with Crippen LogP contribution in [0.4, 0.5) is 5.13 Å². The molecule has 0 spiro atoms. The fourth-order valence-electron chi connectivity index (χ4n) is 5.01. The van der Waals surface area contributed by atoms with Gasteiger partial charge in [0.05, 0.1) is 24.8 Å². The van der Waals surface area contributed by atoms with Gasteiger partial charge in [-0.3, -0.25) is 14.5 Å². The van der Waals surface area contributed by atoms with Gasteiger partial charge >= 0.3 is 5.91 Å². The smallest absolute Gasteiger partial charge is 0.301 e. The van der Waals surface area contributed by atoms with Crippen LogP contribution in [0.2, 0.25) is 0 Å². The highest BCUT2D eigenvalue weighted by atomic mass is 32.2. The predicted molar refractivity (Wildman–Crippen MR) is 167 cm³/mol. The number of nitrogens with zero attached hydrogens (tertiary/aromatic N) is 3. The molecule has 1 fully saturated rings. The second-order valence-electron chi connectivity index (χ2n) is 9.72. The van der Waals surface area contributed by atoms with E-state index in [-0.39, 0.29) is 16.5 Å². The van der Waals surface area contributed by atoms with Crippen LogP contribution in [0.15, 0.2) is 76.6 Å². The van der Waals surface area contributed by atoms with Gasteiger partial charge in [0.25, 0.3) is 5.78 Å². The second kappa shape index (κ2) is 13.0. The summed E-state index contributed by atoms with van der Waals surface area (Å²) in [6.45, 7) is 5.29. The molecule has 1 amide bonds. The molecule has 2 aliphatic rings. The monoisotopic (exact) mass is 631 g/mol. The number of aliphatic hydroxyl groups is 1. The maximum Gasteiger partial charge on any atom is 0.301 e. The lowest BCUT2D eigenvalue weighted by molar-refractivity contribution is -0.132. The van der Waals surface area contributed by atoms with Crippen molar-refractivity contribution < 1.29 is 33.6 Å². The number of carbonyl (C=O) groups excluding carboxylic acids is 2. The van der Waals surface area contributed by atoms with E-state index in [4.69, 9.17) is 18.9 Å². The van der Waals surface area contributed by atoms with Gasteiger partial charge < -0.3 is 24.1 Å². The van der Waals surface area contributed by atoms with Crippen molar-refractivity contribution in [2.24, 2.45) is 0 Å². The molecule has 1 aromatic heterocycles. The number of hydrogen-bond donors (Lipinski definition) is 1. The van der Waals surface area contributed by atoms with Gasteiger partial charge in [-0.25, -0.2) is 0 Å². The first-order valence-corrected chi connectivity index (χ1v) is 15.9. The number of Topliss-reactive ketones (excluding diaryl/α,β-unsaturated/α-hetero) is 1. The van der Waals surface area contributed by atoms with E-state index in [1.807, 2.05) is 44.2 Å². The number of ketones is 1. The molecule has 6 rings (SSSR count). The Morgan fingerprint density at radius 1 is 0.955 bits per heavy atom. The Morgan fingerprint density at radius 2 is 1.70 bits per heavy atom. The summed E-state index contributed by atoms with van der Waals surface area (Å²) >= 11 is 2.69. The van der Waals surface area contributed by atoms with E-state index >= 15 is 0 Å². The van der Waals surface area contributed by atoms with Crippen molar-refractivity contribution in [1.29, 1.82) is 0 Å². The van der Waals surface area contributed by atoms with E-state index in [9.17, 15) is 14.7 Å². The zero-order valence-electron chi connectivity index (χ0n) is 24.0. The Bertz CT molecular complexity index is 1720. The zero-order chi connectivity index (χ0) is 30.6. The zero-order valence-corrected chi connectivity index (χ0v) is 25.7. The molecule has 1 saturated heterocycles. The lowest BCUT2D eigenvalue weighted by Crippen LogP contribution is -2.29. The quantitative estimate of drug-likeness (QED) is 0.0731. The largest absolute Gasteiger partial charge is 0.507 e. The topological polar surface area (TPSA) is 120 Å². The van der Waals surface area contributed by atoms with E-state index < -0.39 is 17.7 Å². The van der Waals surface area contributed by atoms with Gasteiger partial charge in [-0.1, -0.05) is 59.5 Å². The molecule has 3 heterocycles. The van der Waals surface area contributed by atoms with Crippen molar-refractivity contribution in [2.45, 2.75) is 30.0 Å². The summed E-state index contributed by atoms with van der Waals surface area (Å²) in [6, 6.07) is 19.0. The predicted octanol–water partition coefficient (Wildman–Crippen LogP) is 6.03. The Kier molecular flexibility index (Phi) is 8.71.